The van der Waals surface area contributed by atoms with E-state index in [-0.39, 0.29) is 18.1 Å². The predicted molar refractivity (Wildman–Crippen MR) is 84.0 cm³/mol. The van der Waals surface area contributed by atoms with E-state index in [9.17, 15) is 5.11 Å². The molecule has 2 atom stereocenters. The van der Waals surface area contributed by atoms with Gasteiger partial charge in [0.1, 0.15) is 0 Å². The third-order valence-electron chi connectivity index (χ3n) is 4.44. The number of hydrogen-bond acceptors (Lipinski definition) is 3. The van der Waals surface area contributed by atoms with Crippen LogP contribution in [0.4, 0.5) is 0 Å². The summed E-state index contributed by atoms with van der Waals surface area (Å²) < 4.78 is 0. The Kier molecular flexibility index (Phi) is 5.19. The zero-order valence-electron chi connectivity index (χ0n) is 13.0. The van der Waals surface area contributed by atoms with Crippen molar-refractivity contribution in [1.82, 2.24) is 10.2 Å². The first-order valence-corrected chi connectivity index (χ1v) is 7.65. The van der Waals surface area contributed by atoms with Crippen LogP contribution >= 0.6 is 0 Å². The third-order valence-corrected chi connectivity index (χ3v) is 4.44. The lowest BCUT2D eigenvalue weighted by atomic mass is 9.81. The van der Waals surface area contributed by atoms with Crippen LogP contribution in [0.5, 0.6) is 0 Å². The molecule has 0 amide bonds. The fourth-order valence-electron chi connectivity index (χ4n) is 2.59. The molecule has 3 nitrogen and oxygen atoms in total. The zero-order valence-corrected chi connectivity index (χ0v) is 13.0. The molecule has 2 N–H and O–H groups in total. The summed E-state index contributed by atoms with van der Waals surface area (Å²) in [7, 11) is 2.10. The summed E-state index contributed by atoms with van der Waals surface area (Å²) in [6, 6.07) is 11.6. The van der Waals surface area contributed by atoms with Crippen LogP contribution in [0, 0.1) is 0 Å². The first-order chi connectivity index (χ1) is 9.55. The minimum absolute atomic E-state index is 0.0715. The van der Waals surface area contributed by atoms with Gasteiger partial charge in [-0.05, 0) is 32.4 Å². The van der Waals surface area contributed by atoms with Gasteiger partial charge in [-0.1, -0.05) is 37.3 Å². The van der Waals surface area contributed by atoms with Gasteiger partial charge in [-0.15, -0.1) is 0 Å². The molecular weight excluding hydrogens is 248 g/mol. The van der Waals surface area contributed by atoms with Crippen molar-refractivity contribution in [1.29, 1.82) is 0 Å². The molecule has 1 aromatic carbocycles. The molecule has 0 saturated heterocycles. The van der Waals surface area contributed by atoms with E-state index in [2.05, 4.69) is 61.4 Å². The standard InChI is InChI=1S/C17H28N2O/c1-14(11-20)19(3)13-17(2,12-18-16-9-10-16)15-7-5-4-6-8-15/h4-8,14,16,18,20H,9-13H2,1-3H3. The second-order valence-corrected chi connectivity index (χ2v) is 6.53. The maximum absolute atomic E-state index is 9.34. The molecule has 3 heteroatoms. The number of nitrogens with one attached hydrogen (secondary N) is 1. The van der Waals surface area contributed by atoms with Crippen LogP contribution in [-0.4, -0.2) is 48.8 Å². The van der Waals surface area contributed by atoms with Crippen molar-refractivity contribution >= 4 is 0 Å². The highest BCUT2D eigenvalue weighted by Crippen LogP contribution is 2.27. The van der Waals surface area contributed by atoms with E-state index in [1.807, 2.05) is 0 Å². The molecule has 1 fully saturated rings. The van der Waals surface area contributed by atoms with E-state index in [0.717, 1.165) is 19.1 Å². The smallest absolute Gasteiger partial charge is 0.0584 e. The minimum Gasteiger partial charge on any atom is -0.395 e. The van der Waals surface area contributed by atoms with Crippen LogP contribution in [0.2, 0.25) is 0 Å². The summed E-state index contributed by atoms with van der Waals surface area (Å²) in [5.41, 5.74) is 1.44. The lowest BCUT2D eigenvalue weighted by Gasteiger charge is -2.37. The molecule has 0 spiro atoms. The van der Waals surface area contributed by atoms with Crippen molar-refractivity contribution in [3.63, 3.8) is 0 Å². The second-order valence-electron chi connectivity index (χ2n) is 6.53. The summed E-state index contributed by atoms with van der Waals surface area (Å²) in [6.45, 7) is 6.53. The van der Waals surface area contributed by atoms with Gasteiger partial charge in [0.15, 0.2) is 0 Å². The summed E-state index contributed by atoms with van der Waals surface area (Å²) >= 11 is 0. The van der Waals surface area contributed by atoms with Gasteiger partial charge in [-0.2, -0.15) is 0 Å². The average molecular weight is 276 g/mol. The number of benzene rings is 1. The van der Waals surface area contributed by atoms with E-state index >= 15 is 0 Å². The highest BCUT2D eigenvalue weighted by molar-refractivity contribution is 5.26. The van der Waals surface area contributed by atoms with Gasteiger partial charge < -0.3 is 15.3 Å². The molecule has 20 heavy (non-hydrogen) atoms. The normalized spacial score (nSPS) is 19.9. The maximum Gasteiger partial charge on any atom is 0.0584 e. The largest absolute Gasteiger partial charge is 0.395 e. The second kappa shape index (κ2) is 6.70. The SMILES string of the molecule is CC(CO)N(C)CC(C)(CNC1CC1)c1ccccc1. The maximum atomic E-state index is 9.34. The number of rotatable bonds is 8. The Labute approximate surface area is 123 Å². The molecule has 1 saturated carbocycles. The fraction of sp³-hybridized carbons (Fsp3) is 0.647. The Morgan fingerprint density at radius 1 is 1.35 bits per heavy atom. The van der Waals surface area contributed by atoms with Crippen LogP contribution in [0.15, 0.2) is 30.3 Å². The van der Waals surface area contributed by atoms with Gasteiger partial charge >= 0.3 is 0 Å². The molecule has 1 aromatic rings. The van der Waals surface area contributed by atoms with Crippen molar-refractivity contribution < 1.29 is 5.11 Å². The molecule has 112 valence electrons. The van der Waals surface area contributed by atoms with E-state index in [1.54, 1.807) is 0 Å². The first-order valence-electron chi connectivity index (χ1n) is 7.65. The molecule has 0 aromatic heterocycles. The van der Waals surface area contributed by atoms with E-state index in [4.69, 9.17) is 0 Å². The van der Waals surface area contributed by atoms with Gasteiger partial charge in [0.2, 0.25) is 0 Å². The number of aliphatic hydroxyl groups is 1. The van der Waals surface area contributed by atoms with Gasteiger partial charge in [-0.25, -0.2) is 0 Å². The Balaban J connectivity index is 2.09. The van der Waals surface area contributed by atoms with E-state index < -0.39 is 0 Å². The van der Waals surface area contributed by atoms with Crippen molar-refractivity contribution in [3.8, 4) is 0 Å². The highest BCUT2D eigenvalue weighted by atomic mass is 16.3. The Bertz CT molecular complexity index is 405. The molecule has 0 radical (unpaired) electrons. The number of likely N-dealkylation sites (N-methyl/N-ethyl adjacent to an activating group) is 1. The average Bonchev–Trinajstić information content (AvgIpc) is 3.29. The van der Waals surface area contributed by atoms with Gasteiger partial charge in [0, 0.05) is 30.6 Å². The lowest BCUT2D eigenvalue weighted by molar-refractivity contribution is 0.135. The molecule has 2 rings (SSSR count). The third kappa shape index (κ3) is 4.05. The molecule has 0 aliphatic heterocycles. The number of hydrogen-bond donors (Lipinski definition) is 2. The van der Waals surface area contributed by atoms with Crippen molar-refractivity contribution in [2.24, 2.45) is 0 Å². The summed E-state index contributed by atoms with van der Waals surface area (Å²) in [5, 5.41) is 13.0. The van der Waals surface area contributed by atoms with Crippen molar-refractivity contribution in [2.45, 2.75) is 44.2 Å². The molecule has 2 unspecified atom stereocenters. The van der Waals surface area contributed by atoms with E-state index in [1.165, 1.54) is 18.4 Å². The Hall–Kier alpha value is -0.900. The van der Waals surface area contributed by atoms with Crippen LogP contribution in [-0.2, 0) is 5.41 Å². The fourth-order valence-corrected chi connectivity index (χ4v) is 2.59. The minimum atomic E-state index is 0.0715. The van der Waals surface area contributed by atoms with Crippen LogP contribution in [0.25, 0.3) is 0 Å². The van der Waals surface area contributed by atoms with Gasteiger partial charge in [0.05, 0.1) is 6.61 Å². The summed E-state index contributed by atoms with van der Waals surface area (Å²) in [4.78, 5) is 2.25. The van der Waals surface area contributed by atoms with Crippen LogP contribution < -0.4 is 5.32 Å². The summed E-state index contributed by atoms with van der Waals surface area (Å²) in [6.07, 6.45) is 2.63. The number of nitrogens with zero attached hydrogens (tertiary/aromatic N) is 1. The van der Waals surface area contributed by atoms with Gasteiger partial charge in [0.25, 0.3) is 0 Å². The van der Waals surface area contributed by atoms with Crippen molar-refractivity contribution in [2.75, 3.05) is 26.7 Å². The first kappa shape index (κ1) is 15.5. The van der Waals surface area contributed by atoms with Crippen LogP contribution in [0.3, 0.4) is 0 Å². The van der Waals surface area contributed by atoms with Crippen LogP contribution in [0.1, 0.15) is 32.3 Å². The topological polar surface area (TPSA) is 35.5 Å². The van der Waals surface area contributed by atoms with Gasteiger partial charge in [-0.3, -0.25) is 0 Å². The summed E-state index contributed by atoms with van der Waals surface area (Å²) in [5.74, 6) is 0. The van der Waals surface area contributed by atoms with E-state index in [0.29, 0.717) is 0 Å². The molecule has 0 heterocycles. The zero-order chi connectivity index (χ0) is 14.6. The molecule has 0 bridgehead atoms. The van der Waals surface area contributed by atoms with Crippen molar-refractivity contribution in [3.05, 3.63) is 35.9 Å². The Morgan fingerprint density at radius 3 is 2.55 bits per heavy atom. The monoisotopic (exact) mass is 276 g/mol. The lowest BCUT2D eigenvalue weighted by Crippen LogP contribution is -2.47. The molecule has 1 aliphatic rings. The quantitative estimate of drug-likeness (QED) is 0.762. The predicted octanol–water partition coefficient (Wildman–Crippen LogP) is 2.01. The highest BCUT2D eigenvalue weighted by Gasteiger charge is 2.32. The molecule has 1 aliphatic carbocycles. The number of aliphatic hydroxyl groups excluding tert-OH is 1. The molecular formula is C17H28N2O. The Morgan fingerprint density at radius 2 is 2.00 bits per heavy atom.